The van der Waals surface area contributed by atoms with E-state index < -0.39 is 9.84 Å². The molecule has 0 spiro atoms. The zero-order valence-corrected chi connectivity index (χ0v) is 14.0. The Morgan fingerprint density at radius 2 is 1.86 bits per heavy atom. The van der Waals surface area contributed by atoms with Crippen molar-refractivity contribution in [3.63, 3.8) is 0 Å². The first-order valence-corrected chi connectivity index (χ1v) is 9.88. The molecular weight excluding hydrogens is 318 g/mol. The Morgan fingerprint density at radius 3 is 2.55 bits per heavy atom. The number of nitrogens with one attached hydrogen (secondary N) is 1. The second-order valence-electron chi connectivity index (χ2n) is 4.96. The first-order chi connectivity index (χ1) is 10.4. The van der Waals surface area contributed by atoms with Crippen molar-refractivity contribution < 1.29 is 13.2 Å². The Bertz CT molecular complexity index is 785. The molecule has 2 rings (SSSR count). The summed E-state index contributed by atoms with van der Waals surface area (Å²) in [6, 6.07) is 14.2. The van der Waals surface area contributed by atoms with E-state index >= 15 is 0 Å². The Kier molecular flexibility index (Phi) is 5.26. The quantitative estimate of drug-likeness (QED) is 0.852. The highest BCUT2D eigenvalue weighted by molar-refractivity contribution is 7.98. The van der Waals surface area contributed by atoms with E-state index in [2.05, 4.69) is 5.32 Å². The van der Waals surface area contributed by atoms with Crippen molar-refractivity contribution >= 4 is 33.2 Å². The van der Waals surface area contributed by atoms with Gasteiger partial charge in [-0.15, -0.1) is 11.8 Å². The van der Waals surface area contributed by atoms with Gasteiger partial charge in [0.1, 0.15) is 0 Å². The molecule has 6 heteroatoms. The van der Waals surface area contributed by atoms with Gasteiger partial charge in [0.25, 0.3) is 5.91 Å². The zero-order chi connectivity index (χ0) is 16.2. The van der Waals surface area contributed by atoms with Gasteiger partial charge in [-0.1, -0.05) is 18.2 Å². The van der Waals surface area contributed by atoms with E-state index in [0.29, 0.717) is 16.8 Å². The number of hydrogen-bond acceptors (Lipinski definition) is 4. The molecule has 0 aliphatic carbocycles. The largest absolute Gasteiger partial charge is 0.322 e. The topological polar surface area (TPSA) is 63.2 Å². The van der Waals surface area contributed by atoms with Crippen LogP contribution in [0.25, 0.3) is 0 Å². The normalized spacial score (nSPS) is 11.2. The average molecular weight is 335 g/mol. The molecule has 0 unspecified atom stereocenters. The lowest BCUT2D eigenvalue weighted by Gasteiger charge is -2.08. The summed E-state index contributed by atoms with van der Waals surface area (Å²) in [7, 11) is -3.12. The third-order valence-corrected chi connectivity index (χ3v) is 4.53. The maximum absolute atomic E-state index is 12.3. The summed E-state index contributed by atoms with van der Waals surface area (Å²) in [6.45, 7) is 0. The van der Waals surface area contributed by atoms with Gasteiger partial charge >= 0.3 is 0 Å². The van der Waals surface area contributed by atoms with Crippen molar-refractivity contribution in [3.05, 3.63) is 59.7 Å². The molecule has 0 saturated carbocycles. The van der Waals surface area contributed by atoms with Crippen LogP contribution in [-0.2, 0) is 15.6 Å². The predicted molar refractivity (Wildman–Crippen MR) is 91.2 cm³/mol. The molecule has 0 aliphatic rings. The molecular formula is C16H17NO3S2. The zero-order valence-electron chi connectivity index (χ0n) is 12.4. The van der Waals surface area contributed by atoms with E-state index in [4.69, 9.17) is 0 Å². The molecule has 0 fully saturated rings. The summed E-state index contributed by atoms with van der Waals surface area (Å²) in [6.07, 6.45) is 3.14. The highest BCUT2D eigenvalue weighted by Crippen LogP contribution is 2.19. The maximum atomic E-state index is 12.3. The fourth-order valence-corrected chi connectivity index (χ4v) is 3.25. The number of rotatable bonds is 5. The van der Waals surface area contributed by atoms with Gasteiger partial charge in [0.05, 0.1) is 5.75 Å². The van der Waals surface area contributed by atoms with Crippen LogP contribution in [0.15, 0.2) is 53.4 Å². The minimum absolute atomic E-state index is 0.0733. The Morgan fingerprint density at radius 1 is 1.14 bits per heavy atom. The molecule has 116 valence electrons. The van der Waals surface area contributed by atoms with Gasteiger partial charge in [-0.2, -0.15) is 0 Å². The second-order valence-corrected chi connectivity index (χ2v) is 7.98. The lowest BCUT2D eigenvalue weighted by Crippen LogP contribution is -2.12. The first-order valence-electron chi connectivity index (χ1n) is 6.59. The summed E-state index contributed by atoms with van der Waals surface area (Å²) in [5.41, 5.74) is 1.76. The first kappa shape index (κ1) is 16.6. The van der Waals surface area contributed by atoms with Gasteiger partial charge in [-0.3, -0.25) is 4.79 Å². The second kappa shape index (κ2) is 6.98. The van der Waals surface area contributed by atoms with Crippen LogP contribution in [-0.4, -0.2) is 26.8 Å². The molecule has 0 bridgehead atoms. The molecule has 4 nitrogen and oxygen atoms in total. The monoisotopic (exact) mass is 335 g/mol. The van der Waals surface area contributed by atoms with Gasteiger partial charge in [-0.25, -0.2) is 8.42 Å². The number of carbonyl (C=O) groups is 1. The third kappa shape index (κ3) is 4.89. The molecule has 0 radical (unpaired) electrons. The van der Waals surface area contributed by atoms with Crippen LogP contribution in [0.3, 0.4) is 0 Å². The maximum Gasteiger partial charge on any atom is 0.255 e. The molecule has 0 aliphatic heterocycles. The summed E-state index contributed by atoms with van der Waals surface area (Å²) >= 11 is 1.60. The van der Waals surface area contributed by atoms with Gasteiger partial charge in [0.2, 0.25) is 0 Å². The van der Waals surface area contributed by atoms with Gasteiger partial charge in [0, 0.05) is 22.4 Å². The number of anilines is 1. The van der Waals surface area contributed by atoms with Crippen molar-refractivity contribution in [2.75, 3.05) is 17.8 Å². The minimum Gasteiger partial charge on any atom is -0.322 e. The lowest BCUT2D eigenvalue weighted by molar-refractivity contribution is 0.102. The fourth-order valence-electron chi connectivity index (χ4n) is 2.01. The van der Waals surface area contributed by atoms with Crippen molar-refractivity contribution in [2.45, 2.75) is 10.6 Å². The van der Waals surface area contributed by atoms with Crippen LogP contribution in [0.2, 0.25) is 0 Å². The van der Waals surface area contributed by atoms with Gasteiger partial charge < -0.3 is 5.32 Å². The molecule has 0 aromatic heterocycles. The third-order valence-electron chi connectivity index (χ3n) is 2.95. The van der Waals surface area contributed by atoms with E-state index in [0.717, 1.165) is 4.90 Å². The van der Waals surface area contributed by atoms with Crippen LogP contribution in [0.4, 0.5) is 5.69 Å². The average Bonchev–Trinajstić information content (AvgIpc) is 2.46. The van der Waals surface area contributed by atoms with Crippen molar-refractivity contribution in [1.29, 1.82) is 0 Å². The summed E-state index contributed by atoms with van der Waals surface area (Å²) in [4.78, 5) is 13.3. The van der Waals surface area contributed by atoms with Crippen LogP contribution in [0.1, 0.15) is 15.9 Å². The van der Waals surface area contributed by atoms with Crippen molar-refractivity contribution in [2.24, 2.45) is 0 Å². The summed E-state index contributed by atoms with van der Waals surface area (Å²) < 4.78 is 22.7. The lowest BCUT2D eigenvalue weighted by atomic mass is 10.1. The highest BCUT2D eigenvalue weighted by atomic mass is 32.2. The van der Waals surface area contributed by atoms with Gasteiger partial charge in [0.15, 0.2) is 9.84 Å². The Balaban J connectivity index is 2.17. The smallest absolute Gasteiger partial charge is 0.255 e. The van der Waals surface area contributed by atoms with Crippen LogP contribution in [0, 0.1) is 0 Å². The highest BCUT2D eigenvalue weighted by Gasteiger charge is 2.10. The Hall–Kier alpha value is -1.79. The van der Waals surface area contributed by atoms with Crippen LogP contribution in [0.5, 0.6) is 0 Å². The van der Waals surface area contributed by atoms with E-state index in [1.807, 2.05) is 30.5 Å². The number of benzene rings is 2. The van der Waals surface area contributed by atoms with Crippen LogP contribution >= 0.6 is 11.8 Å². The number of sulfone groups is 1. The predicted octanol–water partition coefficient (Wildman–Crippen LogP) is 3.21. The standard InChI is InChI=1S/C16H17NO3S2/c1-21-15-8-4-7-14(10-15)17-16(18)13-6-3-5-12(9-13)11-22(2,19)20/h3-10H,11H2,1-2H3,(H,17,18). The van der Waals surface area contributed by atoms with Crippen molar-refractivity contribution in [3.8, 4) is 0 Å². The number of hydrogen-bond donors (Lipinski definition) is 1. The molecule has 22 heavy (non-hydrogen) atoms. The van der Waals surface area contributed by atoms with Gasteiger partial charge in [-0.05, 0) is 42.2 Å². The number of thioether (sulfide) groups is 1. The van der Waals surface area contributed by atoms with Crippen LogP contribution < -0.4 is 5.32 Å². The number of amides is 1. The summed E-state index contributed by atoms with van der Waals surface area (Å²) in [5, 5.41) is 2.82. The molecule has 0 heterocycles. The Labute approximate surface area is 134 Å². The van der Waals surface area contributed by atoms with E-state index in [1.54, 1.807) is 36.0 Å². The summed E-state index contributed by atoms with van der Waals surface area (Å²) in [5.74, 6) is -0.329. The minimum atomic E-state index is -3.12. The molecule has 0 saturated heterocycles. The van der Waals surface area contributed by atoms with E-state index in [1.165, 1.54) is 6.26 Å². The fraction of sp³-hybridized carbons (Fsp3) is 0.188. The van der Waals surface area contributed by atoms with E-state index in [-0.39, 0.29) is 11.7 Å². The molecule has 0 atom stereocenters. The SMILES string of the molecule is CSc1cccc(NC(=O)c2cccc(CS(C)(=O)=O)c2)c1. The molecule has 1 amide bonds. The molecule has 1 N–H and O–H groups in total. The molecule has 2 aromatic carbocycles. The van der Waals surface area contributed by atoms with E-state index in [9.17, 15) is 13.2 Å². The number of carbonyl (C=O) groups excluding carboxylic acids is 1. The molecule has 2 aromatic rings. The van der Waals surface area contributed by atoms with Crippen molar-refractivity contribution in [1.82, 2.24) is 0 Å².